The van der Waals surface area contributed by atoms with Crippen LogP contribution in [0.5, 0.6) is 0 Å². The van der Waals surface area contributed by atoms with Crippen molar-refractivity contribution in [2.75, 3.05) is 22.1 Å². The van der Waals surface area contributed by atoms with Gasteiger partial charge in [0, 0.05) is 41.9 Å². The molecule has 3 aromatic rings. The molecule has 12 heteroatoms. The highest BCUT2D eigenvalue weighted by molar-refractivity contribution is 7.13. The molecule has 2 N–H and O–H groups in total. The summed E-state index contributed by atoms with van der Waals surface area (Å²) in [6.07, 6.45) is 1.48. The Kier molecular flexibility index (Phi) is 6.09. The van der Waals surface area contributed by atoms with Gasteiger partial charge in [-0.05, 0) is 36.4 Å². The lowest BCUT2D eigenvalue weighted by Crippen LogP contribution is -2.28. The summed E-state index contributed by atoms with van der Waals surface area (Å²) in [5, 5.41) is 18.5. The zero-order chi connectivity index (χ0) is 23.5. The average Bonchev–Trinajstić information content (AvgIpc) is 3.44. The number of carbonyl (C=O) groups excluding carboxylic acids is 3. The van der Waals surface area contributed by atoms with Crippen LogP contribution in [-0.4, -0.2) is 34.2 Å². The number of hydrogen-bond acceptors (Lipinski definition) is 7. The Hall–Kier alpha value is -4.19. The molecule has 1 atom stereocenters. The van der Waals surface area contributed by atoms with Gasteiger partial charge in [0.15, 0.2) is 5.13 Å². The molecule has 0 radical (unpaired) electrons. The van der Waals surface area contributed by atoms with Gasteiger partial charge in [0.2, 0.25) is 17.6 Å². The van der Waals surface area contributed by atoms with Gasteiger partial charge in [-0.2, -0.15) is 4.39 Å². The molecule has 10 nitrogen and oxygen atoms in total. The van der Waals surface area contributed by atoms with Crippen molar-refractivity contribution < 1.29 is 23.7 Å². The first-order valence-corrected chi connectivity index (χ1v) is 10.6. The maximum Gasteiger partial charge on any atom is 0.306 e. The van der Waals surface area contributed by atoms with E-state index in [0.29, 0.717) is 16.4 Å². The monoisotopic (exact) mass is 469 g/mol. The molecule has 0 bridgehead atoms. The number of carbonyl (C=O) groups is 3. The van der Waals surface area contributed by atoms with Gasteiger partial charge in [0.25, 0.3) is 5.91 Å². The molecule has 1 aliphatic rings. The third-order valence-corrected chi connectivity index (χ3v) is 5.69. The molecule has 1 unspecified atom stereocenters. The maximum atomic E-state index is 13.6. The van der Waals surface area contributed by atoms with Gasteiger partial charge in [-0.15, -0.1) is 11.3 Å². The fourth-order valence-corrected chi connectivity index (χ4v) is 3.87. The largest absolute Gasteiger partial charge is 0.326 e. The Balaban J connectivity index is 1.39. The average molecular weight is 469 g/mol. The molecule has 1 saturated heterocycles. The minimum atomic E-state index is -1.01. The maximum absolute atomic E-state index is 13.6. The van der Waals surface area contributed by atoms with E-state index in [1.165, 1.54) is 22.3 Å². The second-order valence-electron chi connectivity index (χ2n) is 7.16. The van der Waals surface area contributed by atoms with E-state index in [2.05, 4.69) is 15.6 Å². The van der Waals surface area contributed by atoms with Gasteiger partial charge in [0.1, 0.15) is 0 Å². The molecule has 1 fully saturated rings. The number of rotatable bonds is 6. The van der Waals surface area contributed by atoms with Gasteiger partial charge < -0.3 is 10.2 Å². The van der Waals surface area contributed by atoms with Crippen LogP contribution in [0.4, 0.5) is 26.6 Å². The number of aromatic nitrogens is 1. The number of nitro benzene ring substituents is 1. The number of nitrogens with zero attached hydrogens (tertiary/aromatic N) is 3. The predicted molar refractivity (Wildman–Crippen MR) is 119 cm³/mol. The standard InChI is InChI=1S/C21H16FN5O5S/c22-16-6-5-15(10-17(16)27(31)32)26-11-13(9-18(26)28)20(30)24-14-3-1-12(2-4-14)19(29)25-21-23-7-8-33-21/h1-8,10,13H,9,11H2,(H,24,30)(H,23,25,29). The number of nitrogens with one attached hydrogen (secondary N) is 2. The molecule has 3 amide bonds. The fourth-order valence-electron chi connectivity index (χ4n) is 3.35. The first-order chi connectivity index (χ1) is 15.8. The van der Waals surface area contributed by atoms with Crippen molar-refractivity contribution in [2.24, 2.45) is 5.92 Å². The lowest BCUT2D eigenvalue weighted by Gasteiger charge is -2.16. The Morgan fingerprint density at radius 1 is 1.18 bits per heavy atom. The molecular weight excluding hydrogens is 453 g/mol. The van der Waals surface area contributed by atoms with E-state index in [1.54, 1.807) is 35.8 Å². The van der Waals surface area contributed by atoms with E-state index in [0.717, 1.165) is 12.1 Å². The van der Waals surface area contributed by atoms with E-state index in [9.17, 15) is 28.9 Å². The molecule has 33 heavy (non-hydrogen) atoms. The van der Waals surface area contributed by atoms with Crippen LogP contribution in [0.15, 0.2) is 54.0 Å². The second kappa shape index (κ2) is 9.12. The number of thiazole rings is 1. The van der Waals surface area contributed by atoms with Crippen LogP contribution < -0.4 is 15.5 Å². The summed E-state index contributed by atoms with van der Waals surface area (Å²) in [6.45, 7) is 0.00174. The number of anilines is 3. The van der Waals surface area contributed by atoms with Crippen LogP contribution in [0.2, 0.25) is 0 Å². The van der Waals surface area contributed by atoms with Crippen LogP contribution in [0.1, 0.15) is 16.8 Å². The number of halogens is 1. The highest BCUT2D eigenvalue weighted by Gasteiger charge is 2.36. The quantitative estimate of drug-likeness (QED) is 0.420. The molecule has 2 aromatic carbocycles. The summed E-state index contributed by atoms with van der Waals surface area (Å²) in [5.74, 6) is -2.86. The molecular formula is C21H16FN5O5S. The molecule has 0 spiro atoms. The first kappa shape index (κ1) is 22.0. The molecule has 4 rings (SSSR count). The predicted octanol–water partition coefficient (Wildman–Crippen LogP) is 3.43. The van der Waals surface area contributed by atoms with E-state index in [1.807, 2.05) is 0 Å². The lowest BCUT2D eigenvalue weighted by molar-refractivity contribution is -0.387. The summed E-state index contributed by atoms with van der Waals surface area (Å²) in [5.41, 5.74) is 0.226. The van der Waals surface area contributed by atoms with Crippen molar-refractivity contribution in [2.45, 2.75) is 6.42 Å². The fraction of sp³-hybridized carbons (Fsp3) is 0.143. The van der Waals surface area contributed by atoms with Crippen molar-refractivity contribution >= 4 is 51.3 Å². The number of hydrogen-bond donors (Lipinski definition) is 2. The zero-order valence-electron chi connectivity index (χ0n) is 16.9. The smallest absolute Gasteiger partial charge is 0.306 e. The van der Waals surface area contributed by atoms with Crippen LogP contribution in [0.3, 0.4) is 0 Å². The number of nitro groups is 1. The van der Waals surface area contributed by atoms with Crippen molar-refractivity contribution in [1.29, 1.82) is 0 Å². The third-order valence-electron chi connectivity index (χ3n) is 5.00. The Morgan fingerprint density at radius 2 is 1.94 bits per heavy atom. The lowest BCUT2D eigenvalue weighted by atomic mass is 10.1. The summed E-state index contributed by atoms with van der Waals surface area (Å²) in [7, 11) is 0. The molecule has 168 valence electrons. The highest BCUT2D eigenvalue weighted by atomic mass is 32.1. The molecule has 1 aromatic heterocycles. The Labute approximate surface area is 190 Å². The van der Waals surface area contributed by atoms with Crippen molar-refractivity contribution in [3.8, 4) is 0 Å². The van der Waals surface area contributed by atoms with Crippen molar-refractivity contribution in [3.63, 3.8) is 0 Å². The van der Waals surface area contributed by atoms with E-state index in [-0.39, 0.29) is 24.6 Å². The van der Waals surface area contributed by atoms with Gasteiger partial charge in [-0.1, -0.05) is 0 Å². The highest BCUT2D eigenvalue weighted by Crippen LogP contribution is 2.30. The van der Waals surface area contributed by atoms with Crippen LogP contribution >= 0.6 is 11.3 Å². The molecule has 0 aliphatic carbocycles. The Morgan fingerprint density at radius 3 is 2.61 bits per heavy atom. The van der Waals surface area contributed by atoms with Crippen LogP contribution in [-0.2, 0) is 9.59 Å². The van der Waals surface area contributed by atoms with Crippen molar-refractivity contribution in [3.05, 3.63) is 75.5 Å². The number of benzene rings is 2. The third kappa shape index (κ3) is 4.85. The van der Waals surface area contributed by atoms with Gasteiger partial charge in [-0.25, -0.2) is 4.98 Å². The van der Waals surface area contributed by atoms with Gasteiger partial charge in [0.05, 0.1) is 16.5 Å². The van der Waals surface area contributed by atoms with Gasteiger partial charge in [-0.3, -0.25) is 29.8 Å². The summed E-state index contributed by atoms with van der Waals surface area (Å²) in [6, 6.07) is 9.36. The second-order valence-corrected chi connectivity index (χ2v) is 8.05. The SMILES string of the molecule is O=C(Nc1nccs1)c1ccc(NC(=O)C2CC(=O)N(c3ccc(F)c([N+](=O)[O-])c3)C2)cc1. The van der Waals surface area contributed by atoms with Crippen LogP contribution in [0.25, 0.3) is 0 Å². The molecule has 0 saturated carbocycles. The van der Waals surface area contributed by atoms with E-state index >= 15 is 0 Å². The number of amides is 3. The van der Waals surface area contributed by atoms with Gasteiger partial charge >= 0.3 is 5.69 Å². The summed E-state index contributed by atoms with van der Waals surface area (Å²) >= 11 is 1.29. The van der Waals surface area contributed by atoms with E-state index < -0.39 is 34.2 Å². The summed E-state index contributed by atoms with van der Waals surface area (Å²) < 4.78 is 13.6. The van der Waals surface area contributed by atoms with Crippen LogP contribution in [0, 0.1) is 21.8 Å². The minimum Gasteiger partial charge on any atom is -0.326 e. The zero-order valence-corrected chi connectivity index (χ0v) is 17.7. The molecule has 2 heterocycles. The minimum absolute atomic E-state index is 0.00174. The molecule has 1 aliphatic heterocycles. The first-order valence-electron chi connectivity index (χ1n) is 9.68. The normalized spacial score (nSPS) is 15.4. The van der Waals surface area contributed by atoms with E-state index in [4.69, 9.17) is 0 Å². The summed E-state index contributed by atoms with van der Waals surface area (Å²) in [4.78, 5) is 52.5. The topological polar surface area (TPSA) is 135 Å². The van der Waals surface area contributed by atoms with Crippen molar-refractivity contribution in [1.82, 2.24) is 4.98 Å². The Bertz CT molecular complexity index is 1230.